The van der Waals surface area contributed by atoms with Gasteiger partial charge in [-0.15, -0.1) is 0 Å². The molecule has 1 fully saturated rings. The van der Waals surface area contributed by atoms with E-state index in [9.17, 15) is 0 Å². The number of hydrogen-bond acceptors (Lipinski definition) is 3. The average molecular weight is 213 g/mol. The Morgan fingerprint density at radius 1 is 1.27 bits per heavy atom. The van der Waals surface area contributed by atoms with Gasteiger partial charge in [-0.1, -0.05) is 13.8 Å². The molecule has 0 aliphatic carbocycles. The van der Waals surface area contributed by atoms with Gasteiger partial charge in [-0.3, -0.25) is 0 Å². The largest absolute Gasteiger partial charge is 0.474 e. The Balaban J connectivity index is 0.000000921. The minimum Gasteiger partial charge on any atom is -0.474 e. The maximum absolute atomic E-state index is 5.66. The highest BCUT2D eigenvalue weighted by atomic mass is 16.5. The summed E-state index contributed by atoms with van der Waals surface area (Å²) in [6.45, 7) is 9.42. The fraction of sp³-hybridized carbons (Fsp3) is 0.750. The van der Waals surface area contributed by atoms with Crippen LogP contribution in [0.25, 0.3) is 0 Å². The normalized spacial score (nSPS) is 18.5. The molecule has 0 saturated carbocycles. The van der Waals surface area contributed by atoms with Crippen LogP contribution in [-0.4, -0.2) is 25.5 Å². The highest BCUT2D eigenvalue weighted by molar-refractivity contribution is 5.54. The summed E-state index contributed by atoms with van der Waals surface area (Å²) in [6.07, 6.45) is 5.85. The van der Waals surface area contributed by atoms with E-state index < -0.39 is 0 Å². The maximum Gasteiger partial charge on any atom is 0.208 e. The van der Waals surface area contributed by atoms with E-state index in [1.807, 2.05) is 33.8 Å². The molecule has 0 amide bonds. The molecule has 1 aliphatic rings. The zero-order valence-electron chi connectivity index (χ0n) is 10.3. The number of nitrogens with zero attached hydrogens (tertiary/aromatic N) is 1. The van der Waals surface area contributed by atoms with Crippen molar-refractivity contribution in [2.45, 2.75) is 46.6 Å². The summed E-state index contributed by atoms with van der Waals surface area (Å²) >= 11 is 0. The molecule has 0 unspecified atom stereocenters. The number of ether oxygens (including phenoxy) is 2. The van der Waals surface area contributed by atoms with Crippen molar-refractivity contribution in [2.75, 3.05) is 13.2 Å². The van der Waals surface area contributed by atoms with Crippen molar-refractivity contribution in [1.82, 2.24) is 0 Å². The van der Waals surface area contributed by atoms with Crippen molar-refractivity contribution in [3.05, 3.63) is 12.0 Å². The number of aliphatic imine (C=N–C) groups is 1. The van der Waals surface area contributed by atoms with Gasteiger partial charge in [-0.25, -0.2) is 4.99 Å². The molecule has 0 radical (unpaired) electrons. The molecule has 0 aromatic heterocycles. The quantitative estimate of drug-likeness (QED) is 0.532. The van der Waals surface area contributed by atoms with Gasteiger partial charge in [-0.05, 0) is 19.9 Å². The molecule has 0 atom stereocenters. The summed E-state index contributed by atoms with van der Waals surface area (Å²) in [4.78, 5) is 4.11. The van der Waals surface area contributed by atoms with Crippen molar-refractivity contribution >= 4 is 6.21 Å². The van der Waals surface area contributed by atoms with Crippen LogP contribution in [0.1, 0.15) is 40.5 Å². The van der Waals surface area contributed by atoms with Crippen molar-refractivity contribution < 1.29 is 9.47 Å². The van der Waals surface area contributed by atoms with Crippen molar-refractivity contribution in [1.29, 1.82) is 0 Å². The molecule has 0 bridgehead atoms. The van der Waals surface area contributed by atoms with Crippen LogP contribution in [0, 0.1) is 0 Å². The minimum absolute atomic E-state index is 0.281. The first kappa shape index (κ1) is 14.2. The molecule has 15 heavy (non-hydrogen) atoms. The maximum atomic E-state index is 5.66. The lowest BCUT2D eigenvalue weighted by atomic mass is 10.2. The van der Waals surface area contributed by atoms with E-state index in [-0.39, 0.29) is 6.10 Å². The number of hydrogen-bond donors (Lipinski definition) is 0. The van der Waals surface area contributed by atoms with Crippen LogP contribution in [0.5, 0.6) is 0 Å². The lowest BCUT2D eigenvalue weighted by molar-refractivity contribution is -0.00440. The predicted molar refractivity (Wildman–Crippen MR) is 64.2 cm³/mol. The average Bonchev–Trinajstić information content (AvgIpc) is 2.32. The lowest BCUT2D eigenvalue weighted by Gasteiger charge is -2.23. The van der Waals surface area contributed by atoms with Crippen LogP contribution < -0.4 is 0 Å². The standard InChI is InChI=1S/C10H17NO2.C2H6/c1-3-10(11-4-2)13-9-5-7-12-8-6-9;1-2/h3-4,9H,5-8H2,1-2H3;1-2H3/b10-3+,11-4-;. The van der Waals surface area contributed by atoms with E-state index >= 15 is 0 Å². The van der Waals surface area contributed by atoms with Crippen LogP contribution in [0.4, 0.5) is 0 Å². The van der Waals surface area contributed by atoms with Gasteiger partial charge in [-0.2, -0.15) is 0 Å². The highest BCUT2D eigenvalue weighted by Gasteiger charge is 2.15. The van der Waals surface area contributed by atoms with Gasteiger partial charge >= 0.3 is 0 Å². The zero-order valence-corrected chi connectivity index (χ0v) is 10.3. The van der Waals surface area contributed by atoms with Gasteiger partial charge in [0.05, 0.1) is 13.2 Å². The third kappa shape index (κ3) is 6.28. The molecule has 1 rings (SSSR count). The van der Waals surface area contributed by atoms with Gasteiger partial charge < -0.3 is 9.47 Å². The molecule has 0 N–H and O–H groups in total. The summed E-state index contributed by atoms with van der Waals surface area (Å²) in [5.74, 6) is 0.717. The second-order valence-corrected chi connectivity index (χ2v) is 2.94. The summed E-state index contributed by atoms with van der Waals surface area (Å²) in [5.41, 5.74) is 0. The molecule has 1 heterocycles. The van der Waals surface area contributed by atoms with E-state index in [1.165, 1.54) is 0 Å². The summed E-state index contributed by atoms with van der Waals surface area (Å²) < 4.78 is 10.9. The van der Waals surface area contributed by atoms with Crippen LogP contribution in [-0.2, 0) is 9.47 Å². The van der Waals surface area contributed by atoms with E-state index in [0.717, 1.165) is 31.9 Å². The molecule has 0 aromatic rings. The van der Waals surface area contributed by atoms with Crippen LogP contribution >= 0.6 is 0 Å². The Morgan fingerprint density at radius 2 is 1.87 bits per heavy atom. The lowest BCUT2D eigenvalue weighted by Crippen LogP contribution is -2.22. The molecule has 0 spiro atoms. The fourth-order valence-corrected chi connectivity index (χ4v) is 1.26. The third-order valence-corrected chi connectivity index (χ3v) is 1.96. The first-order valence-corrected chi connectivity index (χ1v) is 5.76. The smallest absolute Gasteiger partial charge is 0.208 e. The second kappa shape index (κ2) is 9.71. The molecule has 88 valence electrons. The molecule has 3 heteroatoms. The molecule has 1 saturated heterocycles. The predicted octanol–water partition coefficient (Wildman–Crippen LogP) is 3.16. The van der Waals surface area contributed by atoms with E-state index in [0.29, 0.717) is 0 Å². The fourth-order valence-electron chi connectivity index (χ4n) is 1.26. The molecular weight excluding hydrogens is 190 g/mol. The van der Waals surface area contributed by atoms with Crippen molar-refractivity contribution in [3.63, 3.8) is 0 Å². The summed E-state index contributed by atoms with van der Waals surface area (Å²) in [5, 5.41) is 0. The number of rotatable bonds is 3. The molecule has 3 nitrogen and oxygen atoms in total. The summed E-state index contributed by atoms with van der Waals surface area (Å²) in [6, 6.07) is 0. The second-order valence-electron chi connectivity index (χ2n) is 2.94. The Kier molecular flexibility index (Phi) is 9.18. The monoisotopic (exact) mass is 213 g/mol. The highest BCUT2D eigenvalue weighted by Crippen LogP contribution is 2.14. The molecular formula is C12H23NO2. The Bertz CT molecular complexity index is 194. The van der Waals surface area contributed by atoms with Crippen LogP contribution in [0.2, 0.25) is 0 Å². The van der Waals surface area contributed by atoms with Gasteiger partial charge in [0.2, 0.25) is 5.88 Å². The number of allylic oxidation sites excluding steroid dienone is 1. The van der Waals surface area contributed by atoms with E-state index in [1.54, 1.807) is 6.21 Å². The van der Waals surface area contributed by atoms with Crippen molar-refractivity contribution in [3.8, 4) is 0 Å². The van der Waals surface area contributed by atoms with E-state index in [2.05, 4.69) is 4.99 Å². The molecule has 0 aromatic carbocycles. The first-order chi connectivity index (χ1) is 7.36. The van der Waals surface area contributed by atoms with Gasteiger partial charge in [0, 0.05) is 19.1 Å². The van der Waals surface area contributed by atoms with Crippen LogP contribution in [0.15, 0.2) is 17.0 Å². The SMILES string of the molecule is C/C=N\C(=C/C)OC1CCOCC1.CC. The topological polar surface area (TPSA) is 30.8 Å². The Morgan fingerprint density at radius 3 is 2.33 bits per heavy atom. The van der Waals surface area contributed by atoms with E-state index in [4.69, 9.17) is 9.47 Å². The Hall–Kier alpha value is -0.830. The first-order valence-electron chi connectivity index (χ1n) is 5.76. The van der Waals surface area contributed by atoms with Gasteiger partial charge in [0.15, 0.2) is 0 Å². The van der Waals surface area contributed by atoms with Gasteiger partial charge in [0.1, 0.15) is 6.10 Å². The van der Waals surface area contributed by atoms with Crippen LogP contribution in [0.3, 0.4) is 0 Å². The molecule has 1 aliphatic heterocycles. The Labute approximate surface area is 93.2 Å². The van der Waals surface area contributed by atoms with Crippen molar-refractivity contribution in [2.24, 2.45) is 4.99 Å². The third-order valence-electron chi connectivity index (χ3n) is 1.96. The van der Waals surface area contributed by atoms with Gasteiger partial charge in [0.25, 0.3) is 0 Å². The zero-order chi connectivity index (χ0) is 11.5. The minimum atomic E-state index is 0.281. The summed E-state index contributed by atoms with van der Waals surface area (Å²) in [7, 11) is 0.